The van der Waals surface area contributed by atoms with Gasteiger partial charge in [0.2, 0.25) is 27.7 Å². The van der Waals surface area contributed by atoms with Crippen LogP contribution in [0.25, 0.3) is 0 Å². The van der Waals surface area contributed by atoms with Gasteiger partial charge in [-0.05, 0) is 95.3 Å². The van der Waals surface area contributed by atoms with Crippen molar-refractivity contribution in [2.75, 3.05) is 40.3 Å². The van der Waals surface area contributed by atoms with Gasteiger partial charge >= 0.3 is 0 Å². The van der Waals surface area contributed by atoms with Gasteiger partial charge < -0.3 is 20.4 Å². The molecule has 0 aromatic rings. The quantitative estimate of drug-likeness (QED) is 0.146. The Balaban J connectivity index is 1.80. The summed E-state index contributed by atoms with van der Waals surface area (Å²) in [5.74, 6) is -1.23. The zero-order valence-corrected chi connectivity index (χ0v) is 32.5. The standard InChI is InChI=1S/C37H69N5O7S/c1-6-18-41(19-7-2)37(47)30-23-29(24-32(25-30)50(48,49)40(4)5)36(46)38-33(21-28-14-16-31(43)17-15-28)34(44)26-42(20-8-3)39-35(45)22-27-12-10-9-11-13-27/h27-34,43-44H,6-26H2,1-5H3,(H,38,46)(H,39,45). The fourth-order valence-corrected chi connectivity index (χ4v) is 9.95. The average molecular weight is 728 g/mol. The van der Waals surface area contributed by atoms with E-state index in [1.807, 2.05) is 20.8 Å². The summed E-state index contributed by atoms with van der Waals surface area (Å²) in [7, 11) is -0.766. The maximum Gasteiger partial charge on any atom is 0.234 e. The van der Waals surface area contributed by atoms with Crippen LogP contribution in [0.2, 0.25) is 0 Å². The fourth-order valence-electron chi connectivity index (χ4n) is 8.40. The number of rotatable bonds is 19. The number of carbonyl (C=O) groups is 3. The molecule has 5 unspecified atom stereocenters. The third-order valence-electron chi connectivity index (χ3n) is 11.2. The molecule has 0 saturated heterocycles. The lowest BCUT2D eigenvalue weighted by Crippen LogP contribution is -2.55. The molecule has 0 radical (unpaired) electrons. The maximum absolute atomic E-state index is 14.2. The molecule has 4 N–H and O–H groups in total. The average Bonchev–Trinajstić information content (AvgIpc) is 3.08. The number of nitrogens with one attached hydrogen (secondary N) is 2. The van der Waals surface area contributed by atoms with Crippen LogP contribution in [0.5, 0.6) is 0 Å². The number of nitrogens with zero attached hydrogens (tertiary/aromatic N) is 3. The molecular weight excluding hydrogens is 659 g/mol. The Morgan fingerprint density at radius 2 is 1.40 bits per heavy atom. The predicted molar refractivity (Wildman–Crippen MR) is 196 cm³/mol. The minimum Gasteiger partial charge on any atom is -0.393 e. The lowest BCUT2D eigenvalue weighted by atomic mass is 9.79. The summed E-state index contributed by atoms with van der Waals surface area (Å²) in [4.78, 5) is 42.8. The summed E-state index contributed by atoms with van der Waals surface area (Å²) in [6.45, 7) is 7.88. The summed E-state index contributed by atoms with van der Waals surface area (Å²) in [6, 6.07) is -0.644. The van der Waals surface area contributed by atoms with E-state index in [4.69, 9.17) is 0 Å². The number of hydrogen-bond donors (Lipinski definition) is 4. The first-order valence-corrected chi connectivity index (χ1v) is 21.2. The molecule has 3 aliphatic carbocycles. The zero-order valence-electron chi connectivity index (χ0n) is 31.7. The SMILES string of the molecule is CCCN(CC(O)C(CC1CCC(O)CC1)NC(=O)C1CC(C(=O)N(CCC)CCC)CC(S(=O)(=O)N(C)C)C1)NC(=O)CC1CCCCC1. The van der Waals surface area contributed by atoms with Crippen molar-refractivity contribution in [3.8, 4) is 0 Å². The molecule has 3 fully saturated rings. The van der Waals surface area contributed by atoms with Gasteiger partial charge in [-0.3, -0.25) is 19.8 Å². The van der Waals surface area contributed by atoms with Crippen LogP contribution in [-0.2, 0) is 24.4 Å². The molecule has 5 atom stereocenters. The Bertz CT molecular complexity index is 1150. The second-order valence-corrected chi connectivity index (χ2v) is 18.1. The highest BCUT2D eigenvalue weighted by Gasteiger charge is 2.44. The molecule has 0 aromatic heterocycles. The highest BCUT2D eigenvalue weighted by Crippen LogP contribution is 2.36. The van der Waals surface area contributed by atoms with Crippen LogP contribution in [0.1, 0.15) is 130 Å². The van der Waals surface area contributed by atoms with E-state index in [1.54, 1.807) is 9.91 Å². The number of aliphatic hydroxyl groups excluding tert-OH is 2. The normalized spacial score (nSPS) is 26.4. The molecule has 3 aliphatic rings. The molecule has 3 amide bonds. The topological polar surface area (TPSA) is 160 Å². The zero-order chi connectivity index (χ0) is 36.8. The smallest absolute Gasteiger partial charge is 0.234 e. The third-order valence-corrected chi connectivity index (χ3v) is 13.4. The van der Waals surface area contributed by atoms with Gasteiger partial charge in [0.15, 0.2) is 0 Å². The van der Waals surface area contributed by atoms with Crippen molar-refractivity contribution < 1.29 is 33.0 Å². The maximum atomic E-state index is 14.2. The Hall–Kier alpha value is -1.80. The molecular formula is C37H69N5O7S. The molecule has 0 aliphatic heterocycles. The van der Waals surface area contributed by atoms with Crippen LogP contribution in [0, 0.1) is 23.7 Å². The fraction of sp³-hybridized carbons (Fsp3) is 0.919. The van der Waals surface area contributed by atoms with Crippen molar-refractivity contribution in [3.05, 3.63) is 0 Å². The monoisotopic (exact) mass is 727 g/mol. The molecule has 0 aromatic carbocycles. The Morgan fingerprint density at radius 3 is 1.98 bits per heavy atom. The molecule has 0 heterocycles. The summed E-state index contributed by atoms with van der Waals surface area (Å²) in [6.07, 6.45) is 11.1. The van der Waals surface area contributed by atoms with Crippen LogP contribution in [0.15, 0.2) is 0 Å². The second-order valence-electron chi connectivity index (χ2n) is 15.7. The first-order valence-electron chi connectivity index (χ1n) is 19.7. The van der Waals surface area contributed by atoms with E-state index < -0.39 is 39.3 Å². The number of hydrogen-bond acceptors (Lipinski definition) is 8. The van der Waals surface area contributed by atoms with Gasteiger partial charge in [0, 0.05) is 58.5 Å². The van der Waals surface area contributed by atoms with E-state index in [-0.39, 0.29) is 55.6 Å². The summed E-state index contributed by atoms with van der Waals surface area (Å²) in [5, 5.41) is 25.9. The van der Waals surface area contributed by atoms with Crippen LogP contribution in [-0.4, -0.2) is 114 Å². The van der Waals surface area contributed by atoms with Gasteiger partial charge in [-0.25, -0.2) is 17.7 Å². The van der Waals surface area contributed by atoms with E-state index in [0.29, 0.717) is 51.2 Å². The number of aliphatic hydroxyl groups is 2. The van der Waals surface area contributed by atoms with Crippen LogP contribution in [0.4, 0.5) is 0 Å². The molecule has 50 heavy (non-hydrogen) atoms. The molecule has 3 saturated carbocycles. The lowest BCUT2D eigenvalue weighted by Gasteiger charge is -2.38. The third kappa shape index (κ3) is 13.0. The Kier molecular flexibility index (Phi) is 17.9. The molecule has 3 rings (SSSR count). The number of amides is 3. The summed E-state index contributed by atoms with van der Waals surface area (Å²) in [5.41, 5.74) is 3.03. The summed E-state index contributed by atoms with van der Waals surface area (Å²) < 4.78 is 28.0. The van der Waals surface area contributed by atoms with E-state index in [1.165, 1.54) is 24.8 Å². The molecule has 0 bridgehead atoms. The van der Waals surface area contributed by atoms with Crippen molar-refractivity contribution in [1.29, 1.82) is 0 Å². The van der Waals surface area contributed by atoms with E-state index in [0.717, 1.165) is 57.8 Å². The van der Waals surface area contributed by atoms with Gasteiger partial charge in [0.25, 0.3) is 0 Å². The van der Waals surface area contributed by atoms with Gasteiger partial charge in [0.1, 0.15) is 0 Å². The molecule has 290 valence electrons. The van der Waals surface area contributed by atoms with Gasteiger partial charge in [-0.2, -0.15) is 0 Å². The molecule has 12 nitrogen and oxygen atoms in total. The second kappa shape index (κ2) is 21.0. The summed E-state index contributed by atoms with van der Waals surface area (Å²) >= 11 is 0. The minimum absolute atomic E-state index is 0.0503. The molecule has 13 heteroatoms. The number of hydrazine groups is 1. The van der Waals surface area contributed by atoms with Crippen molar-refractivity contribution >= 4 is 27.7 Å². The Morgan fingerprint density at radius 1 is 0.800 bits per heavy atom. The first kappa shape index (κ1) is 42.6. The largest absolute Gasteiger partial charge is 0.393 e. The number of carbonyl (C=O) groups excluding carboxylic acids is 3. The highest BCUT2D eigenvalue weighted by atomic mass is 32.2. The van der Waals surface area contributed by atoms with Crippen LogP contribution >= 0.6 is 0 Å². The van der Waals surface area contributed by atoms with E-state index in [9.17, 15) is 33.0 Å². The van der Waals surface area contributed by atoms with Crippen molar-refractivity contribution in [2.45, 2.75) is 153 Å². The van der Waals surface area contributed by atoms with E-state index in [2.05, 4.69) is 10.7 Å². The van der Waals surface area contributed by atoms with Crippen molar-refractivity contribution in [3.63, 3.8) is 0 Å². The lowest BCUT2D eigenvalue weighted by molar-refractivity contribution is -0.138. The number of sulfonamides is 1. The molecule has 0 spiro atoms. The Labute approximate surface area is 302 Å². The minimum atomic E-state index is -3.74. The van der Waals surface area contributed by atoms with E-state index >= 15 is 0 Å². The predicted octanol–water partition coefficient (Wildman–Crippen LogP) is 3.81. The van der Waals surface area contributed by atoms with Crippen LogP contribution in [0.3, 0.4) is 0 Å². The van der Waals surface area contributed by atoms with Gasteiger partial charge in [0.05, 0.1) is 23.5 Å². The first-order chi connectivity index (χ1) is 23.8. The van der Waals surface area contributed by atoms with Crippen molar-refractivity contribution in [2.24, 2.45) is 23.7 Å². The highest BCUT2D eigenvalue weighted by molar-refractivity contribution is 7.89. The van der Waals surface area contributed by atoms with Crippen molar-refractivity contribution in [1.82, 2.24) is 25.0 Å². The van der Waals surface area contributed by atoms with Gasteiger partial charge in [-0.1, -0.05) is 40.0 Å². The van der Waals surface area contributed by atoms with Crippen LogP contribution < -0.4 is 10.7 Å². The van der Waals surface area contributed by atoms with Gasteiger partial charge in [-0.15, -0.1) is 0 Å².